The number of aliphatic carboxylic acids is 2. The summed E-state index contributed by atoms with van der Waals surface area (Å²) in [6, 6.07) is 0.972. The van der Waals surface area contributed by atoms with Crippen LogP contribution in [-0.2, 0) is 30.4 Å². The highest BCUT2D eigenvalue weighted by molar-refractivity contribution is 7.98. The molecule has 188 valence electrons. The summed E-state index contributed by atoms with van der Waals surface area (Å²) < 4.78 is 0. The molecule has 1 rings (SSSR count). The van der Waals surface area contributed by atoms with Gasteiger partial charge in [-0.2, -0.15) is 11.8 Å². The van der Waals surface area contributed by atoms with Gasteiger partial charge in [0.15, 0.2) is 0 Å². The molecule has 0 bridgehead atoms. The molecule has 4 atom stereocenters. The number of phenols is 1. The number of carbonyl (C=O) groups is 5. The lowest BCUT2D eigenvalue weighted by Gasteiger charge is -2.24. The number of hydrogen-bond acceptors (Lipinski definition) is 8. The first-order valence-electron chi connectivity index (χ1n) is 10.3. The molecular formula is C21H30N4O8S. The molecule has 0 aromatic heterocycles. The predicted molar refractivity (Wildman–Crippen MR) is 124 cm³/mol. The number of thioether (sulfide) groups is 1. The Hall–Kier alpha value is -3.32. The Kier molecular flexibility index (Phi) is 11.9. The molecule has 3 amide bonds. The third kappa shape index (κ3) is 10.1. The van der Waals surface area contributed by atoms with Crippen LogP contribution in [0.1, 0.15) is 25.3 Å². The third-order valence-corrected chi connectivity index (χ3v) is 5.36. The van der Waals surface area contributed by atoms with E-state index >= 15 is 0 Å². The number of hydrogen-bond donors (Lipinski definition) is 7. The highest BCUT2D eigenvalue weighted by Gasteiger charge is 2.29. The maximum Gasteiger partial charge on any atom is 0.325 e. The van der Waals surface area contributed by atoms with Gasteiger partial charge in [-0.15, -0.1) is 0 Å². The lowest BCUT2D eigenvalue weighted by molar-refractivity contribution is -0.141. The highest BCUT2D eigenvalue weighted by Crippen LogP contribution is 2.12. The van der Waals surface area contributed by atoms with Gasteiger partial charge in [-0.1, -0.05) is 12.1 Å². The van der Waals surface area contributed by atoms with Crippen molar-refractivity contribution in [3.8, 4) is 5.75 Å². The molecule has 0 aliphatic heterocycles. The summed E-state index contributed by atoms with van der Waals surface area (Å²) in [7, 11) is 0. The normalized spacial score (nSPS) is 14.2. The molecule has 0 saturated carbocycles. The van der Waals surface area contributed by atoms with Crippen LogP contribution in [0.4, 0.5) is 0 Å². The van der Waals surface area contributed by atoms with Crippen molar-refractivity contribution < 1.29 is 39.3 Å². The predicted octanol–water partition coefficient (Wildman–Crippen LogP) is -0.951. The van der Waals surface area contributed by atoms with Crippen molar-refractivity contribution >= 4 is 41.4 Å². The number of carbonyl (C=O) groups excluding carboxylic acids is 3. The number of nitrogens with two attached hydrogens (primary N) is 1. The molecule has 0 fully saturated rings. The van der Waals surface area contributed by atoms with E-state index in [-0.39, 0.29) is 18.6 Å². The molecule has 1 aromatic carbocycles. The van der Waals surface area contributed by atoms with Crippen molar-refractivity contribution in [2.75, 3.05) is 12.0 Å². The van der Waals surface area contributed by atoms with Gasteiger partial charge in [0.2, 0.25) is 17.7 Å². The molecule has 0 spiro atoms. The molecule has 0 heterocycles. The van der Waals surface area contributed by atoms with Crippen LogP contribution < -0.4 is 21.7 Å². The largest absolute Gasteiger partial charge is 0.508 e. The minimum Gasteiger partial charge on any atom is -0.508 e. The summed E-state index contributed by atoms with van der Waals surface area (Å²) in [5, 5.41) is 34.6. The summed E-state index contributed by atoms with van der Waals surface area (Å²) in [6.07, 6.45) is 1.31. The number of nitrogens with one attached hydrogen (secondary N) is 3. The van der Waals surface area contributed by atoms with E-state index in [9.17, 15) is 29.1 Å². The number of benzene rings is 1. The molecule has 0 saturated heterocycles. The van der Waals surface area contributed by atoms with Crippen LogP contribution in [0.5, 0.6) is 5.75 Å². The van der Waals surface area contributed by atoms with Gasteiger partial charge in [-0.3, -0.25) is 24.0 Å². The van der Waals surface area contributed by atoms with E-state index in [4.69, 9.17) is 15.9 Å². The van der Waals surface area contributed by atoms with Crippen LogP contribution in [0, 0.1) is 0 Å². The summed E-state index contributed by atoms with van der Waals surface area (Å²) >= 11 is 1.42. The zero-order valence-electron chi connectivity index (χ0n) is 18.8. The van der Waals surface area contributed by atoms with Crippen molar-refractivity contribution in [2.24, 2.45) is 5.73 Å². The number of carboxylic acid groups (broad SMARTS) is 2. The van der Waals surface area contributed by atoms with Crippen molar-refractivity contribution in [1.29, 1.82) is 0 Å². The summed E-state index contributed by atoms with van der Waals surface area (Å²) in [5.41, 5.74) is 6.16. The Bertz CT molecular complexity index is 880. The van der Waals surface area contributed by atoms with E-state index < -0.39 is 60.2 Å². The van der Waals surface area contributed by atoms with Gasteiger partial charge in [-0.25, -0.2) is 0 Å². The standard InChI is InChI=1S/C21H30N4O8S/c1-11(21(32)33)23-19(30)15(7-8-34-2)24-20(31)16(9-12-3-5-13(26)6-4-12)25-18(29)14(22)10-17(27)28/h3-6,11,14-16,26H,7-10,22H2,1-2H3,(H,23,30)(H,24,31)(H,25,29)(H,27,28)(H,32,33). The molecule has 0 aliphatic rings. The van der Waals surface area contributed by atoms with E-state index in [2.05, 4.69) is 16.0 Å². The quantitative estimate of drug-likeness (QED) is 0.167. The summed E-state index contributed by atoms with van der Waals surface area (Å²) in [6.45, 7) is 1.28. The van der Waals surface area contributed by atoms with Crippen molar-refractivity contribution in [1.82, 2.24) is 16.0 Å². The Balaban J connectivity index is 3.07. The highest BCUT2D eigenvalue weighted by atomic mass is 32.2. The first kappa shape index (κ1) is 28.7. The Morgan fingerprint density at radius 3 is 2.03 bits per heavy atom. The minimum absolute atomic E-state index is 0.00128. The van der Waals surface area contributed by atoms with Gasteiger partial charge in [0, 0.05) is 6.42 Å². The molecule has 34 heavy (non-hydrogen) atoms. The SMILES string of the molecule is CSCCC(NC(=O)C(Cc1ccc(O)cc1)NC(=O)C(N)CC(=O)O)C(=O)NC(C)C(=O)O. The second kappa shape index (κ2) is 14.1. The molecule has 1 aromatic rings. The van der Waals surface area contributed by atoms with E-state index in [0.717, 1.165) is 0 Å². The fourth-order valence-electron chi connectivity index (χ4n) is 2.79. The average Bonchev–Trinajstić information content (AvgIpc) is 2.76. The second-order valence-electron chi connectivity index (χ2n) is 7.55. The Morgan fingerprint density at radius 2 is 1.50 bits per heavy atom. The smallest absolute Gasteiger partial charge is 0.325 e. The van der Waals surface area contributed by atoms with E-state index in [0.29, 0.717) is 11.3 Å². The first-order chi connectivity index (χ1) is 15.9. The molecule has 13 heteroatoms. The maximum absolute atomic E-state index is 13.1. The number of amides is 3. The monoisotopic (exact) mass is 498 g/mol. The minimum atomic E-state index is -1.40. The lowest BCUT2D eigenvalue weighted by Crippen LogP contribution is -2.57. The van der Waals surface area contributed by atoms with E-state index in [1.807, 2.05) is 0 Å². The van der Waals surface area contributed by atoms with Gasteiger partial charge < -0.3 is 37.0 Å². The Labute approximate surface area is 200 Å². The molecule has 0 radical (unpaired) electrons. The van der Waals surface area contributed by atoms with E-state index in [1.54, 1.807) is 6.26 Å². The van der Waals surface area contributed by atoms with Crippen molar-refractivity contribution in [3.05, 3.63) is 29.8 Å². The van der Waals surface area contributed by atoms with Crippen LogP contribution >= 0.6 is 11.8 Å². The molecule has 8 N–H and O–H groups in total. The zero-order chi connectivity index (χ0) is 25.8. The van der Waals surface area contributed by atoms with Crippen LogP contribution in [0.2, 0.25) is 0 Å². The number of aromatic hydroxyl groups is 1. The fraction of sp³-hybridized carbons (Fsp3) is 0.476. The van der Waals surface area contributed by atoms with Crippen LogP contribution in [0.3, 0.4) is 0 Å². The molecule has 12 nitrogen and oxygen atoms in total. The number of rotatable bonds is 14. The van der Waals surface area contributed by atoms with Gasteiger partial charge in [0.1, 0.15) is 23.9 Å². The van der Waals surface area contributed by atoms with Gasteiger partial charge in [0.25, 0.3) is 0 Å². The van der Waals surface area contributed by atoms with Crippen LogP contribution in [-0.4, -0.2) is 81.2 Å². The van der Waals surface area contributed by atoms with Crippen molar-refractivity contribution in [3.63, 3.8) is 0 Å². The van der Waals surface area contributed by atoms with Crippen molar-refractivity contribution in [2.45, 2.75) is 50.4 Å². The second-order valence-corrected chi connectivity index (χ2v) is 8.53. The number of carboxylic acids is 2. The fourth-order valence-corrected chi connectivity index (χ4v) is 3.26. The maximum atomic E-state index is 13.1. The first-order valence-corrected chi connectivity index (χ1v) is 11.7. The van der Waals surface area contributed by atoms with Gasteiger partial charge in [-0.05, 0) is 43.0 Å². The van der Waals surface area contributed by atoms with Gasteiger partial charge in [0.05, 0.1) is 12.5 Å². The van der Waals surface area contributed by atoms with Crippen LogP contribution in [0.25, 0.3) is 0 Å². The zero-order valence-corrected chi connectivity index (χ0v) is 19.6. The summed E-state index contributed by atoms with van der Waals surface area (Å²) in [4.78, 5) is 59.9. The van der Waals surface area contributed by atoms with E-state index in [1.165, 1.54) is 43.0 Å². The average molecular weight is 499 g/mol. The lowest BCUT2D eigenvalue weighted by atomic mass is 10.0. The molecule has 0 aliphatic carbocycles. The Morgan fingerprint density at radius 1 is 0.941 bits per heavy atom. The summed E-state index contributed by atoms with van der Waals surface area (Å²) in [5.74, 6) is -4.36. The van der Waals surface area contributed by atoms with Gasteiger partial charge >= 0.3 is 11.9 Å². The van der Waals surface area contributed by atoms with Crippen LogP contribution in [0.15, 0.2) is 24.3 Å². The number of phenolic OH excluding ortho intramolecular Hbond substituents is 1. The topological polar surface area (TPSA) is 208 Å². The molecular weight excluding hydrogens is 468 g/mol. The third-order valence-electron chi connectivity index (χ3n) is 4.71. The molecule has 4 unspecified atom stereocenters.